The van der Waals surface area contributed by atoms with Gasteiger partial charge in [-0.05, 0) is 42.7 Å². The summed E-state index contributed by atoms with van der Waals surface area (Å²) >= 11 is 7.88. The third kappa shape index (κ3) is 2.79. The van der Waals surface area contributed by atoms with Gasteiger partial charge in [-0.25, -0.2) is 0 Å². The maximum absolute atomic E-state index is 13.7. The van der Waals surface area contributed by atoms with Gasteiger partial charge in [0, 0.05) is 33.5 Å². The Morgan fingerprint density at radius 2 is 1.92 bits per heavy atom. The second-order valence-corrected chi connectivity index (χ2v) is 8.15. The number of benzene rings is 2. The summed E-state index contributed by atoms with van der Waals surface area (Å²) in [6.45, 7) is 2.32. The normalized spacial score (nSPS) is 19.0. The van der Waals surface area contributed by atoms with E-state index >= 15 is 0 Å². The molecule has 0 aliphatic carbocycles. The predicted octanol–water partition coefficient (Wildman–Crippen LogP) is 4.65. The largest absolute Gasteiger partial charge is 0.293 e. The number of rotatable bonds is 1. The Morgan fingerprint density at radius 3 is 2.68 bits per heavy atom. The number of piperidine rings is 1. The fraction of sp³-hybridized carbons (Fsp3) is 0.286. The van der Waals surface area contributed by atoms with E-state index in [1.165, 1.54) is 4.90 Å². The van der Waals surface area contributed by atoms with Crippen LogP contribution in [-0.4, -0.2) is 30.3 Å². The highest BCUT2D eigenvalue weighted by atomic mass is 35.5. The molecule has 2 aliphatic rings. The Bertz CT molecular complexity index is 878. The van der Waals surface area contributed by atoms with Crippen LogP contribution in [0, 0.1) is 12.3 Å². The average Bonchev–Trinajstić information content (AvgIpc) is 2.72. The highest BCUT2D eigenvalue weighted by Gasteiger charge is 2.46. The van der Waals surface area contributed by atoms with Crippen molar-refractivity contribution >= 4 is 29.1 Å². The molecular weight excluding hydrogens is 350 g/mol. The van der Waals surface area contributed by atoms with Crippen LogP contribution in [-0.2, 0) is 5.41 Å². The summed E-state index contributed by atoms with van der Waals surface area (Å²) in [5.74, 6) is 2.91. The Hall–Kier alpha value is -1.73. The third-order valence-electron chi connectivity index (χ3n) is 5.27. The Labute approximate surface area is 157 Å². The second kappa shape index (κ2) is 6.53. The van der Waals surface area contributed by atoms with Crippen LogP contribution in [0.5, 0.6) is 0 Å². The van der Waals surface area contributed by atoms with Crippen LogP contribution in [0.25, 0.3) is 0 Å². The first kappa shape index (κ1) is 16.7. The molecule has 0 atom stereocenters. The highest BCUT2D eigenvalue weighted by Crippen LogP contribution is 2.49. The Kier molecular flexibility index (Phi) is 4.37. The van der Waals surface area contributed by atoms with E-state index in [1.54, 1.807) is 11.8 Å². The molecule has 2 aromatic carbocycles. The number of nitrogens with zero attached hydrogens (tertiary/aromatic N) is 1. The van der Waals surface area contributed by atoms with Gasteiger partial charge in [-0.3, -0.25) is 9.69 Å². The van der Waals surface area contributed by atoms with Crippen molar-refractivity contribution in [2.45, 2.75) is 28.0 Å². The van der Waals surface area contributed by atoms with E-state index in [4.69, 9.17) is 18.0 Å². The summed E-state index contributed by atoms with van der Waals surface area (Å²) in [5.41, 5.74) is 1.42. The van der Waals surface area contributed by atoms with E-state index in [9.17, 15) is 4.79 Å². The van der Waals surface area contributed by atoms with E-state index < -0.39 is 5.41 Å². The highest BCUT2D eigenvalue weighted by molar-refractivity contribution is 7.99. The molecule has 2 nitrogen and oxygen atoms in total. The molecule has 25 heavy (non-hydrogen) atoms. The smallest absolute Gasteiger partial charge is 0.174 e. The minimum atomic E-state index is -0.482. The minimum absolute atomic E-state index is 0.197. The summed E-state index contributed by atoms with van der Waals surface area (Å²) in [4.78, 5) is 18.1. The lowest BCUT2D eigenvalue weighted by Crippen LogP contribution is -2.47. The molecule has 1 fully saturated rings. The summed E-state index contributed by atoms with van der Waals surface area (Å²) in [7, 11) is 0. The first-order chi connectivity index (χ1) is 12.1. The van der Waals surface area contributed by atoms with Crippen molar-refractivity contribution in [3.05, 3.63) is 58.6 Å². The van der Waals surface area contributed by atoms with Gasteiger partial charge in [-0.2, -0.15) is 0 Å². The Morgan fingerprint density at radius 1 is 1.16 bits per heavy atom. The maximum atomic E-state index is 13.7. The van der Waals surface area contributed by atoms with Gasteiger partial charge < -0.3 is 0 Å². The van der Waals surface area contributed by atoms with Gasteiger partial charge in [0.1, 0.15) is 0 Å². The molecule has 1 spiro atoms. The van der Waals surface area contributed by atoms with Crippen LogP contribution in [0.3, 0.4) is 0 Å². The molecule has 126 valence electrons. The topological polar surface area (TPSA) is 20.3 Å². The fourth-order valence-corrected chi connectivity index (χ4v) is 5.26. The zero-order valence-electron chi connectivity index (χ0n) is 13.8. The van der Waals surface area contributed by atoms with Crippen LogP contribution >= 0.6 is 23.4 Å². The number of carbonyl (C=O) groups is 1. The lowest BCUT2D eigenvalue weighted by molar-refractivity contribution is 0.0778. The van der Waals surface area contributed by atoms with Crippen molar-refractivity contribution in [1.82, 2.24) is 4.90 Å². The van der Waals surface area contributed by atoms with Gasteiger partial charge >= 0.3 is 0 Å². The summed E-state index contributed by atoms with van der Waals surface area (Å²) in [6.07, 6.45) is 7.04. The van der Waals surface area contributed by atoms with E-state index in [0.29, 0.717) is 11.6 Å². The van der Waals surface area contributed by atoms with Crippen LogP contribution in [0.2, 0.25) is 5.02 Å². The molecule has 2 heterocycles. The van der Waals surface area contributed by atoms with Gasteiger partial charge in [-0.1, -0.05) is 47.5 Å². The zero-order chi connectivity index (χ0) is 17.4. The fourth-order valence-electron chi connectivity index (χ4n) is 3.94. The van der Waals surface area contributed by atoms with E-state index in [0.717, 1.165) is 42.0 Å². The molecule has 2 aliphatic heterocycles. The van der Waals surface area contributed by atoms with Gasteiger partial charge in [-0.15, -0.1) is 6.42 Å². The number of terminal acetylenes is 1. The summed E-state index contributed by atoms with van der Waals surface area (Å²) in [5, 5.41) is 0.610. The van der Waals surface area contributed by atoms with E-state index in [-0.39, 0.29) is 5.78 Å². The van der Waals surface area contributed by atoms with Crippen LogP contribution in [0.15, 0.2) is 52.3 Å². The average molecular weight is 368 g/mol. The molecular formula is C21H18ClNOS. The van der Waals surface area contributed by atoms with Gasteiger partial charge in [0.15, 0.2) is 5.78 Å². The van der Waals surface area contributed by atoms with Gasteiger partial charge in [0.05, 0.1) is 12.0 Å². The molecule has 4 rings (SSSR count). The molecule has 0 bridgehead atoms. The number of likely N-dealkylation sites (tertiary alicyclic amines) is 1. The van der Waals surface area contributed by atoms with Crippen molar-refractivity contribution in [2.24, 2.45) is 0 Å². The van der Waals surface area contributed by atoms with Crippen LogP contribution in [0.1, 0.15) is 28.8 Å². The molecule has 0 unspecified atom stereocenters. The number of Topliss-reactive ketones (excluding diaryl/α,β-unsaturated/α-hetero) is 1. The number of hydrogen-bond donors (Lipinski definition) is 0. The second-order valence-electron chi connectivity index (χ2n) is 6.63. The van der Waals surface area contributed by atoms with Crippen molar-refractivity contribution in [3.8, 4) is 12.3 Å². The number of halogens is 1. The molecule has 4 heteroatoms. The van der Waals surface area contributed by atoms with Crippen molar-refractivity contribution in [2.75, 3.05) is 19.6 Å². The number of ketones is 1. The van der Waals surface area contributed by atoms with Crippen molar-refractivity contribution in [1.29, 1.82) is 0 Å². The molecule has 0 amide bonds. The molecule has 2 aromatic rings. The molecule has 1 saturated heterocycles. The van der Waals surface area contributed by atoms with E-state index in [1.807, 2.05) is 30.3 Å². The quantitative estimate of drug-likeness (QED) is 0.684. The summed E-state index contributed by atoms with van der Waals surface area (Å²) in [6, 6.07) is 14.0. The molecule has 0 saturated carbocycles. The van der Waals surface area contributed by atoms with E-state index in [2.05, 4.69) is 23.0 Å². The Balaban J connectivity index is 1.85. The third-order valence-corrected chi connectivity index (χ3v) is 6.65. The van der Waals surface area contributed by atoms with Crippen LogP contribution < -0.4 is 0 Å². The number of carbonyl (C=O) groups excluding carboxylic acids is 1. The monoisotopic (exact) mass is 367 g/mol. The van der Waals surface area contributed by atoms with Crippen molar-refractivity contribution in [3.63, 3.8) is 0 Å². The number of fused-ring (bicyclic) bond motifs is 3. The molecule has 0 N–H and O–H groups in total. The summed E-state index contributed by atoms with van der Waals surface area (Å²) < 4.78 is 0. The lowest BCUT2D eigenvalue weighted by Gasteiger charge is -2.40. The predicted molar refractivity (Wildman–Crippen MR) is 103 cm³/mol. The molecule has 0 radical (unpaired) electrons. The van der Waals surface area contributed by atoms with Crippen LogP contribution in [0.4, 0.5) is 0 Å². The number of hydrogen-bond acceptors (Lipinski definition) is 3. The maximum Gasteiger partial charge on any atom is 0.174 e. The zero-order valence-corrected chi connectivity index (χ0v) is 15.4. The van der Waals surface area contributed by atoms with Gasteiger partial charge in [0.2, 0.25) is 0 Å². The SMILES string of the molecule is C#CCN1CCC2(CC1)C(=O)c1cc(Cl)ccc1Sc1ccccc12. The minimum Gasteiger partial charge on any atom is -0.293 e. The standard InChI is InChI=1S/C21H18ClNOS/c1-2-11-23-12-9-21(10-13-23)17-5-3-4-6-19(17)25-18-8-7-15(22)14-16(18)20(21)24/h1,3-8,14H,9-13H2. The van der Waals surface area contributed by atoms with Crippen molar-refractivity contribution < 1.29 is 4.79 Å². The lowest BCUT2D eigenvalue weighted by atomic mass is 9.68. The first-order valence-corrected chi connectivity index (χ1v) is 9.61. The van der Waals surface area contributed by atoms with Gasteiger partial charge in [0.25, 0.3) is 0 Å². The first-order valence-electron chi connectivity index (χ1n) is 8.41. The molecule has 0 aromatic heterocycles.